The van der Waals surface area contributed by atoms with E-state index in [1.807, 2.05) is 31.2 Å². The van der Waals surface area contributed by atoms with Crippen LogP contribution in [0.25, 0.3) is 0 Å². The number of hydrogen-bond donors (Lipinski definition) is 1. The molecule has 1 aromatic rings. The molecule has 0 radical (unpaired) electrons. The quantitative estimate of drug-likeness (QED) is 0.772. The fourth-order valence-corrected chi connectivity index (χ4v) is 2.35. The van der Waals surface area contributed by atoms with Gasteiger partial charge in [-0.05, 0) is 37.6 Å². The van der Waals surface area contributed by atoms with Crippen molar-refractivity contribution in [3.63, 3.8) is 0 Å². The van der Waals surface area contributed by atoms with Gasteiger partial charge in [-0.15, -0.1) is 11.8 Å². The maximum absolute atomic E-state index is 11.7. The summed E-state index contributed by atoms with van der Waals surface area (Å²) in [5, 5.41) is 2.99. The number of nitrogens with one attached hydrogen (secondary N) is 1. The largest absolute Gasteiger partial charge is 0.497 e. The fourth-order valence-electron chi connectivity index (χ4n) is 1.64. The van der Waals surface area contributed by atoms with Crippen molar-refractivity contribution >= 4 is 17.7 Å². The minimum Gasteiger partial charge on any atom is -0.497 e. The standard InChI is InChI=1S/C14H21NO2S/c1-4-5-11(2)15-14(16)10-18-13-8-6-12(17-3)7-9-13/h6-9,11H,4-5,10H2,1-3H3,(H,15,16). The molecule has 0 saturated carbocycles. The third kappa shape index (κ3) is 5.45. The molecule has 1 aromatic carbocycles. The van der Waals surface area contributed by atoms with Crippen LogP contribution < -0.4 is 10.1 Å². The van der Waals surface area contributed by atoms with Crippen LogP contribution in [0.5, 0.6) is 5.75 Å². The van der Waals surface area contributed by atoms with Gasteiger partial charge >= 0.3 is 0 Å². The van der Waals surface area contributed by atoms with Gasteiger partial charge < -0.3 is 10.1 Å². The van der Waals surface area contributed by atoms with E-state index < -0.39 is 0 Å². The summed E-state index contributed by atoms with van der Waals surface area (Å²) in [4.78, 5) is 12.7. The molecule has 0 saturated heterocycles. The Morgan fingerprint density at radius 2 is 2.06 bits per heavy atom. The van der Waals surface area contributed by atoms with Gasteiger partial charge in [0.1, 0.15) is 5.75 Å². The zero-order chi connectivity index (χ0) is 13.4. The van der Waals surface area contributed by atoms with Gasteiger partial charge in [-0.25, -0.2) is 0 Å². The number of hydrogen-bond acceptors (Lipinski definition) is 3. The third-order valence-electron chi connectivity index (χ3n) is 2.56. The monoisotopic (exact) mass is 267 g/mol. The van der Waals surface area contributed by atoms with Gasteiger partial charge in [0.2, 0.25) is 5.91 Å². The van der Waals surface area contributed by atoms with E-state index in [9.17, 15) is 4.79 Å². The number of carbonyl (C=O) groups is 1. The molecule has 1 amide bonds. The molecule has 1 unspecified atom stereocenters. The zero-order valence-electron chi connectivity index (χ0n) is 11.2. The van der Waals surface area contributed by atoms with E-state index in [-0.39, 0.29) is 11.9 Å². The SMILES string of the molecule is CCCC(C)NC(=O)CSc1ccc(OC)cc1. The first-order chi connectivity index (χ1) is 8.65. The van der Waals surface area contributed by atoms with Crippen LogP contribution in [0.2, 0.25) is 0 Å². The van der Waals surface area contributed by atoms with Crippen molar-refractivity contribution in [3.8, 4) is 5.75 Å². The Kier molecular flexibility index (Phi) is 6.65. The van der Waals surface area contributed by atoms with Gasteiger partial charge in [-0.1, -0.05) is 13.3 Å². The number of benzene rings is 1. The van der Waals surface area contributed by atoms with Crippen molar-refractivity contribution in [3.05, 3.63) is 24.3 Å². The van der Waals surface area contributed by atoms with E-state index in [4.69, 9.17) is 4.74 Å². The van der Waals surface area contributed by atoms with Crippen molar-refractivity contribution in [1.29, 1.82) is 0 Å². The Bertz CT molecular complexity index is 365. The topological polar surface area (TPSA) is 38.3 Å². The van der Waals surface area contributed by atoms with Crippen molar-refractivity contribution < 1.29 is 9.53 Å². The van der Waals surface area contributed by atoms with Crippen LogP contribution in [0.1, 0.15) is 26.7 Å². The van der Waals surface area contributed by atoms with E-state index in [0.29, 0.717) is 5.75 Å². The molecule has 3 nitrogen and oxygen atoms in total. The lowest BCUT2D eigenvalue weighted by Crippen LogP contribution is -2.33. The molecule has 1 N–H and O–H groups in total. The lowest BCUT2D eigenvalue weighted by Gasteiger charge is -2.12. The molecule has 1 atom stereocenters. The Labute approximate surface area is 113 Å². The van der Waals surface area contributed by atoms with E-state index in [0.717, 1.165) is 23.5 Å². The minimum atomic E-state index is 0.0942. The molecule has 0 bridgehead atoms. The van der Waals surface area contributed by atoms with Crippen molar-refractivity contribution in [2.75, 3.05) is 12.9 Å². The maximum Gasteiger partial charge on any atom is 0.230 e. The van der Waals surface area contributed by atoms with Crippen LogP contribution in [0.3, 0.4) is 0 Å². The van der Waals surface area contributed by atoms with Crippen molar-refractivity contribution in [1.82, 2.24) is 5.32 Å². The highest BCUT2D eigenvalue weighted by molar-refractivity contribution is 8.00. The summed E-state index contributed by atoms with van der Waals surface area (Å²) in [5.41, 5.74) is 0. The first-order valence-corrected chi connectivity index (χ1v) is 7.20. The van der Waals surface area contributed by atoms with E-state index >= 15 is 0 Å². The number of rotatable bonds is 7. The average molecular weight is 267 g/mol. The molecule has 0 heterocycles. The molecule has 0 fully saturated rings. The van der Waals surface area contributed by atoms with Gasteiger partial charge in [-0.2, -0.15) is 0 Å². The number of carbonyl (C=O) groups excluding carboxylic acids is 1. The molecule has 0 aromatic heterocycles. The van der Waals surface area contributed by atoms with Crippen LogP contribution in [-0.2, 0) is 4.79 Å². The van der Waals surface area contributed by atoms with Gasteiger partial charge in [0.25, 0.3) is 0 Å². The Balaban J connectivity index is 2.33. The summed E-state index contributed by atoms with van der Waals surface area (Å²) in [7, 11) is 1.64. The van der Waals surface area contributed by atoms with Crippen LogP contribution in [0.15, 0.2) is 29.2 Å². The second kappa shape index (κ2) is 8.03. The zero-order valence-corrected chi connectivity index (χ0v) is 12.0. The normalized spacial score (nSPS) is 11.9. The van der Waals surface area contributed by atoms with Crippen LogP contribution in [-0.4, -0.2) is 24.8 Å². The Morgan fingerprint density at radius 1 is 1.39 bits per heavy atom. The lowest BCUT2D eigenvalue weighted by molar-refractivity contribution is -0.119. The molecule has 0 spiro atoms. The lowest BCUT2D eigenvalue weighted by atomic mass is 10.2. The summed E-state index contributed by atoms with van der Waals surface area (Å²) < 4.78 is 5.09. The van der Waals surface area contributed by atoms with Crippen LogP contribution >= 0.6 is 11.8 Å². The molecule has 0 aliphatic rings. The number of methoxy groups -OCH3 is 1. The molecule has 4 heteroatoms. The number of ether oxygens (including phenoxy) is 1. The number of amides is 1. The van der Waals surface area contributed by atoms with Gasteiger partial charge in [-0.3, -0.25) is 4.79 Å². The highest BCUT2D eigenvalue weighted by Crippen LogP contribution is 2.20. The summed E-state index contributed by atoms with van der Waals surface area (Å²) in [6.07, 6.45) is 2.12. The van der Waals surface area contributed by atoms with E-state index in [1.165, 1.54) is 0 Å². The second-order valence-corrected chi connectivity index (χ2v) is 5.27. The van der Waals surface area contributed by atoms with Crippen molar-refractivity contribution in [2.45, 2.75) is 37.6 Å². The Hall–Kier alpha value is -1.16. The minimum absolute atomic E-state index is 0.0942. The van der Waals surface area contributed by atoms with Gasteiger partial charge in [0, 0.05) is 10.9 Å². The first-order valence-electron chi connectivity index (χ1n) is 6.22. The number of thioether (sulfide) groups is 1. The highest BCUT2D eigenvalue weighted by Gasteiger charge is 2.06. The van der Waals surface area contributed by atoms with Crippen LogP contribution in [0.4, 0.5) is 0 Å². The van der Waals surface area contributed by atoms with Crippen LogP contribution in [0, 0.1) is 0 Å². The Morgan fingerprint density at radius 3 is 2.61 bits per heavy atom. The average Bonchev–Trinajstić information content (AvgIpc) is 2.37. The predicted molar refractivity (Wildman–Crippen MR) is 76.2 cm³/mol. The van der Waals surface area contributed by atoms with Gasteiger partial charge in [0.05, 0.1) is 12.9 Å². The molecule has 1 rings (SSSR count). The molecule has 18 heavy (non-hydrogen) atoms. The smallest absolute Gasteiger partial charge is 0.230 e. The molecular formula is C14H21NO2S. The molecular weight excluding hydrogens is 246 g/mol. The first kappa shape index (κ1) is 14.9. The highest BCUT2D eigenvalue weighted by atomic mass is 32.2. The summed E-state index contributed by atoms with van der Waals surface area (Å²) in [6, 6.07) is 8.00. The maximum atomic E-state index is 11.7. The van der Waals surface area contributed by atoms with E-state index in [1.54, 1.807) is 18.9 Å². The molecule has 100 valence electrons. The second-order valence-electron chi connectivity index (χ2n) is 4.22. The van der Waals surface area contributed by atoms with Gasteiger partial charge in [0.15, 0.2) is 0 Å². The fraction of sp³-hybridized carbons (Fsp3) is 0.500. The third-order valence-corrected chi connectivity index (χ3v) is 3.57. The van der Waals surface area contributed by atoms with Crippen molar-refractivity contribution in [2.24, 2.45) is 0 Å². The van der Waals surface area contributed by atoms with E-state index in [2.05, 4.69) is 12.2 Å². The molecule has 0 aliphatic carbocycles. The summed E-state index contributed by atoms with van der Waals surface area (Å²) >= 11 is 1.54. The summed E-state index contributed by atoms with van der Waals surface area (Å²) in [6.45, 7) is 4.16. The molecule has 0 aliphatic heterocycles. The summed E-state index contributed by atoms with van der Waals surface area (Å²) in [5.74, 6) is 1.39. The predicted octanol–water partition coefficient (Wildman–Crippen LogP) is 3.09.